The van der Waals surface area contributed by atoms with E-state index in [1.807, 2.05) is 0 Å². The van der Waals surface area contributed by atoms with E-state index in [4.69, 9.17) is 16.6 Å². The molecule has 56 valence electrons. The zero-order chi connectivity index (χ0) is 7.68. The Morgan fingerprint density at radius 2 is 2.45 bits per heavy atom. The fraction of sp³-hybridized carbons (Fsp3) is 0. The lowest BCUT2D eigenvalue weighted by atomic mass is 10.4. The van der Waals surface area contributed by atoms with Gasteiger partial charge in [-0.2, -0.15) is 5.10 Å². The highest BCUT2D eigenvalue weighted by Gasteiger charge is 2.02. The molecule has 0 fully saturated rings. The number of aromatic amines is 2. The molecular formula is C5H4N4OS. The molecule has 2 heterocycles. The van der Waals surface area contributed by atoms with E-state index in [0.29, 0.717) is 5.89 Å². The van der Waals surface area contributed by atoms with Crippen molar-refractivity contribution in [3.05, 3.63) is 17.2 Å². The molecular weight excluding hydrogens is 164 g/mol. The molecule has 0 aliphatic carbocycles. The highest BCUT2D eigenvalue weighted by molar-refractivity contribution is 7.71. The fourth-order valence-corrected chi connectivity index (χ4v) is 0.846. The maximum Gasteiger partial charge on any atom is 0.284 e. The van der Waals surface area contributed by atoms with Crippen LogP contribution in [0.2, 0.25) is 0 Å². The van der Waals surface area contributed by atoms with Gasteiger partial charge in [-0.3, -0.25) is 5.10 Å². The van der Waals surface area contributed by atoms with Crippen LogP contribution in [0, 0.1) is 4.84 Å². The molecule has 0 saturated heterocycles. The van der Waals surface area contributed by atoms with Crippen LogP contribution in [0.5, 0.6) is 0 Å². The molecule has 2 aromatic rings. The Labute approximate surface area is 66.4 Å². The van der Waals surface area contributed by atoms with Crippen molar-refractivity contribution in [1.29, 1.82) is 0 Å². The van der Waals surface area contributed by atoms with Gasteiger partial charge in [-0.15, -0.1) is 5.10 Å². The van der Waals surface area contributed by atoms with Gasteiger partial charge in [0.15, 0.2) is 0 Å². The molecule has 0 aliphatic rings. The first kappa shape index (κ1) is 6.29. The predicted octanol–water partition coefficient (Wildman–Crippen LogP) is 1.12. The summed E-state index contributed by atoms with van der Waals surface area (Å²) < 4.78 is 5.02. The Morgan fingerprint density at radius 3 is 3.00 bits per heavy atom. The average molecular weight is 168 g/mol. The van der Waals surface area contributed by atoms with Crippen molar-refractivity contribution in [3.8, 4) is 11.5 Å². The quantitative estimate of drug-likeness (QED) is 0.626. The monoisotopic (exact) mass is 168 g/mol. The number of rotatable bonds is 1. The van der Waals surface area contributed by atoms with Crippen molar-refractivity contribution < 1.29 is 4.42 Å². The number of aromatic nitrogens is 4. The normalized spacial score (nSPS) is 10.2. The molecule has 6 heteroatoms. The minimum atomic E-state index is 0.265. The van der Waals surface area contributed by atoms with Crippen molar-refractivity contribution in [2.45, 2.75) is 0 Å². The smallest absolute Gasteiger partial charge is 0.284 e. The second-order valence-corrected chi connectivity index (χ2v) is 2.28. The van der Waals surface area contributed by atoms with Gasteiger partial charge in [-0.25, -0.2) is 5.10 Å². The van der Waals surface area contributed by atoms with Crippen LogP contribution in [-0.2, 0) is 0 Å². The van der Waals surface area contributed by atoms with Crippen LogP contribution in [0.4, 0.5) is 0 Å². The Kier molecular flexibility index (Phi) is 1.32. The maximum atomic E-state index is 5.02. The molecule has 0 atom stereocenters. The number of nitrogens with zero attached hydrogens (tertiary/aromatic N) is 2. The maximum absolute atomic E-state index is 5.02. The summed E-state index contributed by atoms with van der Waals surface area (Å²) in [6.07, 6.45) is 3.28. The minimum Gasteiger partial charge on any atom is -0.409 e. The zero-order valence-corrected chi connectivity index (χ0v) is 6.18. The molecule has 0 aliphatic heterocycles. The van der Waals surface area contributed by atoms with Crippen LogP contribution >= 0.6 is 12.2 Å². The van der Waals surface area contributed by atoms with Gasteiger partial charge < -0.3 is 4.42 Å². The first-order valence-electron chi connectivity index (χ1n) is 2.91. The number of hydrogen-bond acceptors (Lipinski definition) is 4. The minimum absolute atomic E-state index is 0.265. The van der Waals surface area contributed by atoms with E-state index < -0.39 is 0 Å². The lowest BCUT2D eigenvalue weighted by molar-refractivity contribution is 0.552. The molecule has 2 N–H and O–H groups in total. The van der Waals surface area contributed by atoms with E-state index >= 15 is 0 Å². The van der Waals surface area contributed by atoms with Crippen LogP contribution in [0.25, 0.3) is 11.5 Å². The third kappa shape index (κ3) is 1.07. The van der Waals surface area contributed by atoms with Crippen LogP contribution in [0.1, 0.15) is 0 Å². The standard InChI is InChI=1S/C5H4N4OS/c11-5-9-8-4(10-5)3-1-6-7-2-3/h1-2H,(H,6,7)(H,9,11). The fourth-order valence-electron chi connectivity index (χ4n) is 0.721. The predicted molar refractivity (Wildman–Crippen MR) is 39.3 cm³/mol. The van der Waals surface area contributed by atoms with Crippen molar-refractivity contribution in [1.82, 2.24) is 20.4 Å². The Hall–Kier alpha value is -1.43. The van der Waals surface area contributed by atoms with E-state index in [1.165, 1.54) is 0 Å². The molecule has 0 saturated carbocycles. The van der Waals surface area contributed by atoms with Gasteiger partial charge >= 0.3 is 0 Å². The molecule has 0 unspecified atom stereocenters. The van der Waals surface area contributed by atoms with Gasteiger partial charge in [-0.1, -0.05) is 0 Å². The SMILES string of the molecule is S=c1[nH]nc(-c2cn[nH]c2)o1. The first-order chi connectivity index (χ1) is 5.36. The summed E-state index contributed by atoms with van der Waals surface area (Å²) in [5.41, 5.74) is 0.775. The lowest BCUT2D eigenvalue weighted by Gasteiger charge is -1.80. The Bertz CT molecular complexity index is 387. The molecule has 5 nitrogen and oxygen atoms in total. The van der Waals surface area contributed by atoms with Gasteiger partial charge in [0.1, 0.15) is 0 Å². The second kappa shape index (κ2) is 2.31. The van der Waals surface area contributed by atoms with E-state index in [2.05, 4.69) is 20.4 Å². The zero-order valence-electron chi connectivity index (χ0n) is 5.37. The van der Waals surface area contributed by atoms with Crippen molar-refractivity contribution in [3.63, 3.8) is 0 Å². The first-order valence-corrected chi connectivity index (χ1v) is 3.32. The van der Waals surface area contributed by atoms with Crippen molar-refractivity contribution in [2.24, 2.45) is 0 Å². The van der Waals surface area contributed by atoms with E-state index in [9.17, 15) is 0 Å². The molecule has 11 heavy (non-hydrogen) atoms. The third-order valence-corrected chi connectivity index (χ3v) is 1.36. The summed E-state index contributed by atoms with van der Waals surface area (Å²) in [7, 11) is 0. The number of hydrogen-bond donors (Lipinski definition) is 2. The summed E-state index contributed by atoms with van der Waals surface area (Å²) in [5.74, 6) is 0.448. The van der Waals surface area contributed by atoms with E-state index in [1.54, 1.807) is 12.4 Å². The molecule has 0 amide bonds. The molecule has 2 rings (SSSR count). The molecule has 2 aromatic heterocycles. The third-order valence-electron chi connectivity index (χ3n) is 1.18. The Balaban J connectivity index is 2.53. The summed E-state index contributed by atoms with van der Waals surface area (Å²) in [6.45, 7) is 0. The van der Waals surface area contributed by atoms with Gasteiger partial charge in [0.2, 0.25) is 5.89 Å². The summed E-state index contributed by atoms with van der Waals surface area (Å²) in [6, 6.07) is 0. The van der Waals surface area contributed by atoms with Gasteiger partial charge in [0.05, 0.1) is 11.8 Å². The second-order valence-electron chi connectivity index (χ2n) is 1.91. The Morgan fingerprint density at radius 1 is 1.55 bits per heavy atom. The summed E-state index contributed by atoms with van der Waals surface area (Å²) in [5, 5.41) is 12.7. The summed E-state index contributed by atoms with van der Waals surface area (Å²) in [4.78, 5) is 0.265. The van der Waals surface area contributed by atoms with Gasteiger partial charge in [-0.05, 0) is 12.2 Å². The van der Waals surface area contributed by atoms with Gasteiger partial charge in [0.25, 0.3) is 4.84 Å². The van der Waals surface area contributed by atoms with Gasteiger partial charge in [0, 0.05) is 6.20 Å². The van der Waals surface area contributed by atoms with Crippen molar-refractivity contribution in [2.75, 3.05) is 0 Å². The topological polar surface area (TPSA) is 70.5 Å². The van der Waals surface area contributed by atoms with Crippen LogP contribution in [0.15, 0.2) is 16.8 Å². The summed E-state index contributed by atoms with van der Waals surface area (Å²) >= 11 is 4.69. The van der Waals surface area contributed by atoms with Crippen LogP contribution < -0.4 is 0 Å². The highest BCUT2D eigenvalue weighted by atomic mass is 32.1. The number of H-pyrrole nitrogens is 2. The largest absolute Gasteiger partial charge is 0.409 e. The highest BCUT2D eigenvalue weighted by Crippen LogP contribution is 2.12. The lowest BCUT2D eigenvalue weighted by Crippen LogP contribution is -1.71. The molecule has 0 radical (unpaired) electrons. The molecule has 0 spiro atoms. The molecule has 0 bridgehead atoms. The van der Waals surface area contributed by atoms with Crippen molar-refractivity contribution >= 4 is 12.2 Å². The van der Waals surface area contributed by atoms with E-state index in [-0.39, 0.29) is 4.84 Å². The molecule has 0 aromatic carbocycles. The average Bonchev–Trinajstić information content (AvgIpc) is 2.55. The van der Waals surface area contributed by atoms with Crippen LogP contribution in [0.3, 0.4) is 0 Å². The van der Waals surface area contributed by atoms with Crippen LogP contribution in [-0.4, -0.2) is 20.4 Å². The number of nitrogens with one attached hydrogen (secondary N) is 2. The van der Waals surface area contributed by atoms with E-state index in [0.717, 1.165) is 5.56 Å².